The number of nitrogens with zero attached hydrogens (tertiary/aromatic N) is 2. The molecule has 0 aliphatic carbocycles. The summed E-state index contributed by atoms with van der Waals surface area (Å²) in [6.45, 7) is -0.402. The first-order valence-electron chi connectivity index (χ1n) is 7.77. The van der Waals surface area contributed by atoms with Gasteiger partial charge in [0.2, 0.25) is 5.91 Å². The number of primary amides is 1. The molecule has 2 rings (SSSR count). The SMILES string of the molecule is NC=C(C(=O)NCC(N)=O)c1ncc(Cc2ccc(F)c(C(F)(F)F)c2)cn1. The number of nitrogens with one attached hydrogen (secondary N) is 1. The summed E-state index contributed by atoms with van der Waals surface area (Å²) in [5, 5.41) is 2.23. The number of halogens is 4. The van der Waals surface area contributed by atoms with Gasteiger partial charge in [-0.15, -0.1) is 0 Å². The summed E-state index contributed by atoms with van der Waals surface area (Å²) in [5.41, 5.74) is 9.48. The number of hydrogen-bond acceptors (Lipinski definition) is 5. The Labute approximate surface area is 156 Å². The van der Waals surface area contributed by atoms with E-state index in [4.69, 9.17) is 11.5 Å². The van der Waals surface area contributed by atoms with Crippen LogP contribution in [0.5, 0.6) is 0 Å². The summed E-state index contributed by atoms with van der Waals surface area (Å²) in [6.07, 6.45) is -1.26. The monoisotopic (exact) mass is 397 g/mol. The van der Waals surface area contributed by atoms with Crippen LogP contribution in [0.25, 0.3) is 5.57 Å². The number of carbonyl (C=O) groups excluding carboxylic acids is 2. The molecule has 0 unspecified atom stereocenters. The van der Waals surface area contributed by atoms with Crippen molar-refractivity contribution in [2.45, 2.75) is 12.6 Å². The Hall–Kier alpha value is -3.50. The Balaban J connectivity index is 2.17. The molecule has 0 aliphatic heterocycles. The molecular formula is C17H15F4N5O2. The highest BCUT2D eigenvalue weighted by molar-refractivity contribution is 6.18. The van der Waals surface area contributed by atoms with E-state index < -0.39 is 35.9 Å². The molecule has 11 heteroatoms. The second-order valence-corrected chi connectivity index (χ2v) is 5.63. The van der Waals surface area contributed by atoms with Gasteiger partial charge in [0.25, 0.3) is 5.91 Å². The van der Waals surface area contributed by atoms with Gasteiger partial charge in [-0.3, -0.25) is 9.59 Å². The molecule has 0 bridgehead atoms. The van der Waals surface area contributed by atoms with E-state index in [9.17, 15) is 27.2 Å². The second-order valence-electron chi connectivity index (χ2n) is 5.63. The topological polar surface area (TPSA) is 124 Å². The summed E-state index contributed by atoms with van der Waals surface area (Å²) in [4.78, 5) is 30.5. The first-order valence-corrected chi connectivity index (χ1v) is 7.77. The van der Waals surface area contributed by atoms with Gasteiger partial charge in [0.05, 0.1) is 17.7 Å². The molecule has 0 aliphatic rings. The van der Waals surface area contributed by atoms with Gasteiger partial charge in [-0.05, 0) is 23.3 Å². The summed E-state index contributed by atoms with van der Waals surface area (Å²) in [7, 11) is 0. The fourth-order valence-corrected chi connectivity index (χ4v) is 2.23. The maximum absolute atomic E-state index is 13.3. The lowest BCUT2D eigenvalue weighted by Gasteiger charge is -2.10. The third-order valence-electron chi connectivity index (χ3n) is 3.53. The van der Waals surface area contributed by atoms with Crippen LogP contribution >= 0.6 is 0 Å². The van der Waals surface area contributed by atoms with Crippen molar-refractivity contribution in [2.24, 2.45) is 11.5 Å². The van der Waals surface area contributed by atoms with Crippen LogP contribution in [0.2, 0.25) is 0 Å². The fraction of sp³-hybridized carbons (Fsp3) is 0.176. The predicted octanol–water partition coefficient (Wildman–Crippen LogP) is 1.13. The smallest absolute Gasteiger partial charge is 0.404 e. The molecule has 0 spiro atoms. The minimum Gasteiger partial charge on any atom is -0.404 e. The average molecular weight is 397 g/mol. The van der Waals surface area contributed by atoms with E-state index in [1.165, 1.54) is 18.5 Å². The van der Waals surface area contributed by atoms with E-state index in [2.05, 4.69) is 15.3 Å². The molecule has 28 heavy (non-hydrogen) atoms. The van der Waals surface area contributed by atoms with E-state index in [1.54, 1.807) is 0 Å². The van der Waals surface area contributed by atoms with E-state index >= 15 is 0 Å². The molecule has 2 aromatic rings. The van der Waals surface area contributed by atoms with Crippen LogP contribution in [0.3, 0.4) is 0 Å². The highest BCUT2D eigenvalue weighted by Gasteiger charge is 2.34. The van der Waals surface area contributed by atoms with Crippen molar-refractivity contribution in [3.8, 4) is 0 Å². The van der Waals surface area contributed by atoms with Crippen molar-refractivity contribution in [3.05, 3.63) is 65.1 Å². The Morgan fingerprint density at radius 1 is 1.14 bits per heavy atom. The zero-order chi connectivity index (χ0) is 20.9. The predicted molar refractivity (Wildman–Crippen MR) is 90.6 cm³/mol. The second kappa shape index (κ2) is 8.46. The Morgan fingerprint density at radius 2 is 1.79 bits per heavy atom. The van der Waals surface area contributed by atoms with Gasteiger partial charge in [-0.25, -0.2) is 14.4 Å². The van der Waals surface area contributed by atoms with Crippen molar-refractivity contribution >= 4 is 17.4 Å². The zero-order valence-corrected chi connectivity index (χ0v) is 14.3. The average Bonchev–Trinajstić information content (AvgIpc) is 2.62. The first kappa shape index (κ1) is 20.8. The highest BCUT2D eigenvalue weighted by atomic mass is 19.4. The van der Waals surface area contributed by atoms with Crippen molar-refractivity contribution in [1.82, 2.24) is 15.3 Å². The summed E-state index contributed by atoms with van der Waals surface area (Å²) in [5.74, 6) is -2.88. The molecule has 0 saturated carbocycles. The molecule has 0 atom stereocenters. The number of rotatable bonds is 6. The Bertz CT molecular complexity index is 911. The number of alkyl halides is 3. The molecule has 1 aromatic carbocycles. The van der Waals surface area contributed by atoms with E-state index in [0.29, 0.717) is 11.6 Å². The summed E-state index contributed by atoms with van der Waals surface area (Å²) >= 11 is 0. The molecule has 5 N–H and O–H groups in total. The van der Waals surface area contributed by atoms with Gasteiger partial charge < -0.3 is 16.8 Å². The lowest BCUT2D eigenvalue weighted by molar-refractivity contribution is -0.140. The zero-order valence-electron chi connectivity index (χ0n) is 14.3. The first-order chi connectivity index (χ1) is 13.1. The largest absolute Gasteiger partial charge is 0.419 e. The van der Waals surface area contributed by atoms with Gasteiger partial charge in [0.1, 0.15) is 5.82 Å². The molecule has 0 saturated heterocycles. The van der Waals surface area contributed by atoms with Crippen molar-refractivity contribution in [2.75, 3.05) is 6.54 Å². The molecule has 148 valence electrons. The normalized spacial score (nSPS) is 11.9. The number of nitrogens with two attached hydrogens (primary N) is 2. The number of amides is 2. The third-order valence-corrected chi connectivity index (χ3v) is 3.53. The van der Waals surface area contributed by atoms with Crippen molar-refractivity contribution in [3.63, 3.8) is 0 Å². The fourth-order valence-electron chi connectivity index (χ4n) is 2.23. The van der Waals surface area contributed by atoms with Crippen molar-refractivity contribution in [1.29, 1.82) is 0 Å². The maximum atomic E-state index is 13.3. The lowest BCUT2D eigenvalue weighted by atomic mass is 10.0. The van der Waals surface area contributed by atoms with Gasteiger partial charge >= 0.3 is 6.18 Å². The number of benzene rings is 1. The summed E-state index contributed by atoms with van der Waals surface area (Å²) < 4.78 is 51.7. The standard InChI is InChI=1S/C17H15F4N5O2/c18-13-2-1-9(4-12(13)17(19,20)21)3-10-6-24-15(25-7-10)11(5-22)16(28)26-8-14(23)27/h1-2,4-7H,3,8,22H2,(H2,23,27)(H,26,28). The summed E-state index contributed by atoms with van der Waals surface area (Å²) in [6, 6.07) is 2.68. The third kappa shape index (κ3) is 5.25. The van der Waals surface area contributed by atoms with Crippen molar-refractivity contribution < 1.29 is 27.2 Å². The number of carbonyl (C=O) groups is 2. The molecule has 1 aromatic heterocycles. The van der Waals surface area contributed by atoms with Gasteiger partial charge in [0.15, 0.2) is 5.82 Å². The van der Waals surface area contributed by atoms with E-state index in [-0.39, 0.29) is 23.4 Å². The van der Waals surface area contributed by atoms with Crippen LogP contribution < -0.4 is 16.8 Å². The lowest BCUT2D eigenvalue weighted by Crippen LogP contribution is -2.34. The van der Waals surface area contributed by atoms with Crippen LogP contribution in [0, 0.1) is 5.82 Å². The van der Waals surface area contributed by atoms with Gasteiger partial charge in [-0.2, -0.15) is 13.2 Å². The molecule has 0 fully saturated rings. The van der Waals surface area contributed by atoms with Crippen LogP contribution in [-0.2, 0) is 22.2 Å². The molecule has 1 heterocycles. The number of hydrogen-bond donors (Lipinski definition) is 3. The minimum atomic E-state index is -4.81. The van der Waals surface area contributed by atoms with Crippen LogP contribution in [0.15, 0.2) is 36.8 Å². The Kier molecular flexibility index (Phi) is 6.29. The molecule has 2 amide bonds. The van der Waals surface area contributed by atoms with E-state index in [1.807, 2.05) is 0 Å². The minimum absolute atomic E-state index is 0.0131. The molecule has 7 nitrogen and oxygen atoms in total. The number of aromatic nitrogens is 2. The molecular weight excluding hydrogens is 382 g/mol. The maximum Gasteiger partial charge on any atom is 0.419 e. The molecule has 0 radical (unpaired) electrons. The van der Waals surface area contributed by atoms with Crippen LogP contribution in [0.1, 0.15) is 22.5 Å². The quantitative estimate of drug-likeness (QED) is 0.498. The van der Waals surface area contributed by atoms with E-state index in [0.717, 1.165) is 12.3 Å². The Morgan fingerprint density at radius 3 is 2.32 bits per heavy atom. The van der Waals surface area contributed by atoms with Crippen LogP contribution in [-0.4, -0.2) is 28.3 Å². The highest BCUT2D eigenvalue weighted by Crippen LogP contribution is 2.32. The van der Waals surface area contributed by atoms with Gasteiger partial charge in [-0.1, -0.05) is 6.07 Å². The van der Waals surface area contributed by atoms with Crippen LogP contribution in [0.4, 0.5) is 17.6 Å². The van der Waals surface area contributed by atoms with Gasteiger partial charge in [0, 0.05) is 25.0 Å².